The van der Waals surface area contributed by atoms with Crippen LogP contribution in [0.1, 0.15) is 26.7 Å². The highest BCUT2D eigenvalue weighted by Gasteiger charge is 2.52. The van der Waals surface area contributed by atoms with Crippen LogP contribution in [0.4, 0.5) is 0 Å². The fraction of sp³-hybridized carbons (Fsp3) is 0.485. The smallest absolute Gasteiger partial charge is 0.308 e. The molecule has 0 saturated carbocycles. The van der Waals surface area contributed by atoms with E-state index in [9.17, 15) is 65.4 Å². The zero-order chi connectivity index (χ0) is 39.1. The number of benzene rings is 2. The van der Waals surface area contributed by atoms with Gasteiger partial charge in [0.15, 0.2) is 29.7 Å². The van der Waals surface area contributed by atoms with Gasteiger partial charge >= 0.3 is 11.9 Å². The Hall–Kier alpha value is -4.77. The number of carbonyl (C=O) groups is 2. The molecule has 3 aromatic rings. The van der Waals surface area contributed by atoms with Crippen LogP contribution in [0.2, 0.25) is 0 Å². The molecule has 2 aliphatic rings. The van der Waals surface area contributed by atoms with E-state index in [-0.39, 0.29) is 11.1 Å². The molecular weight excluding hydrogens is 716 g/mol. The molecule has 1 aromatic heterocycles. The van der Waals surface area contributed by atoms with Crippen molar-refractivity contribution in [3.8, 4) is 40.1 Å². The van der Waals surface area contributed by atoms with Gasteiger partial charge in [0.2, 0.25) is 17.5 Å². The van der Waals surface area contributed by atoms with Gasteiger partial charge in [-0.1, -0.05) is 0 Å². The first kappa shape index (κ1) is 39.4. The third kappa shape index (κ3) is 8.40. The molecule has 20 heteroatoms. The van der Waals surface area contributed by atoms with E-state index in [1.165, 1.54) is 13.0 Å². The van der Waals surface area contributed by atoms with Crippen molar-refractivity contribution in [2.24, 2.45) is 0 Å². The molecule has 11 N–H and O–H groups in total. The fourth-order valence-corrected chi connectivity index (χ4v) is 5.84. The summed E-state index contributed by atoms with van der Waals surface area (Å²) in [5.74, 6) is -6.37. The third-order valence-corrected chi connectivity index (χ3v) is 8.60. The van der Waals surface area contributed by atoms with Gasteiger partial charge in [-0.25, -0.2) is 0 Å². The summed E-state index contributed by atoms with van der Waals surface area (Å²) in [5.41, 5.74) is -3.65. The average molecular weight is 755 g/mol. The van der Waals surface area contributed by atoms with Gasteiger partial charge in [0.1, 0.15) is 65.7 Å². The van der Waals surface area contributed by atoms with Crippen molar-refractivity contribution < 1.29 is 93.9 Å². The van der Waals surface area contributed by atoms with E-state index in [2.05, 4.69) is 0 Å². The number of esters is 1. The van der Waals surface area contributed by atoms with E-state index in [1.807, 2.05) is 0 Å². The van der Waals surface area contributed by atoms with Crippen molar-refractivity contribution in [3.05, 3.63) is 40.6 Å². The predicted molar refractivity (Wildman–Crippen MR) is 172 cm³/mol. The second-order valence-electron chi connectivity index (χ2n) is 13.0. The molecule has 1 unspecified atom stereocenters. The molecular formula is C33H38O20. The predicted octanol–water partition coefficient (Wildman–Crippen LogP) is -1.52. The van der Waals surface area contributed by atoms with Gasteiger partial charge in [-0.05, 0) is 32.0 Å². The molecule has 20 nitrogen and oxygen atoms in total. The van der Waals surface area contributed by atoms with Crippen LogP contribution in [0.3, 0.4) is 0 Å². The van der Waals surface area contributed by atoms with E-state index in [0.717, 1.165) is 31.2 Å². The van der Waals surface area contributed by atoms with Crippen LogP contribution in [-0.4, -0.2) is 142 Å². The number of rotatable bonds is 11. The normalized spacial score (nSPS) is 30.0. The molecule has 0 spiro atoms. The lowest BCUT2D eigenvalue weighted by Gasteiger charge is -2.45. The SMILES string of the molecule is C[C@@H]1O[C@@H](O[C@H]2[C@H](Oc3c(-c4ccc(O)c(O)c4)oc4cc(O)cc(O)c4c3=O)O[C@H](COC(=O)CC(C)(O)CC(=O)O)[C@H](O)[C@@H]2O)[C@H](O)[C@H](O)[C@H]1O. The van der Waals surface area contributed by atoms with E-state index in [1.54, 1.807) is 0 Å². The van der Waals surface area contributed by atoms with Gasteiger partial charge < -0.3 is 84.3 Å². The standard InChI is InChI=1S/C33H38O20/c1-11-22(41)25(44)27(46)31(49-11)53-30-26(45)23(42)18(10-48-20(40)9-33(2,47)8-19(38)39)51-32(30)52-29-24(43)21-16(37)6-13(34)7-17(21)50-28(29)12-3-4-14(35)15(36)5-12/h3-7,11,18,22-23,25-27,30-32,34-37,41-42,44-47H,8-10H2,1-2H3,(H,38,39)/t11-,18+,22-,23-,25+,26-,27+,30+,31-,32-,33?/m0/s1. The summed E-state index contributed by atoms with van der Waals surface area (Å²) in [6.07, 6.45) is -19.7. The highest BCUT2D eigenvalue weighted by molar-refractivity contribution is 5.88. The number of carbonyl (C=O) groups excluding carboxylic acids is 1. The number of carboxylic acid groups (broad SMARTS) is 1. The Morgan fingerprint density at radius 2 is 1.53 bits per heavy atom. The largest absolute Gasteiger partial charge is 0.508 e. The Balaban J connectivity index is 1.55. The van der Waals surface area contributed by atoms with Crippen molar-refractivity contribution in [2.75, 3.05) is 6.61 Å². The van der Waals surface area contributed by atoms with Crippen LogP contribution in [0.15, 0.2) is 39.5 Å². The number of phenolic OH excluding ortho intramolecular Hbond substituents is 4. The van der Waals surface area contributed by atoms with Crippen LogP contribution in [-0.2, 0) is 28.5 Å². The summed E-state index contributed by atoms with van der Waals surface area (Å²) >= 11 is 0. The summed E-state index contributed by atoms with van der Waals surface area (Å²) < 4.78 is 33.9. The maximum atomic E-state index is 14.0. The Bertz CT molecular complexity index is 1890. The highest BCUT2D eigenvalue weighted by atomic mass is 16.8. The quantitative estimate of drug-likeness (QED) is 0.0782. The molecule has 0 radical (unpaired) electrons. The lowest BCUT2D eigenvalue weighted by atomic mass is 9.97. The van der Waals surface area contributed by atoms with Gasteiger partial charge in [0.05, 0.1) is 24.5 Å². The number of phenols is 4. The first-order valence-electron chi connectivity index (χ1n) is 16.0. The average Bonchev–Trinajstić information content (AvgIpc) is 3.06. The number of hydrogen-bond acceptors (Lipinski definition) is 19. The first-order chi connectivity index (χ1) is 24.8. The molecule has 0 amide bonds. The van der Waals surface area contributed by atoms with Crippen LogP contribution < -0.4 is 10.2 Å². The minimum Gasteiger partial charge on any atom is -0.508 e. The van der Waals surface area contributed by atoms with Gasteiger partial charge in [0, 0.05) is 17.7 Å². The maximum absolute atomic E-state index is 14.0. The lowest BCUT2D eigenvalue weighted by Crippen LogP contribution is -2.64. The number of fused-ring (bicyclic) bond motifs is 1. The molecule has 0 aliphatic carbocycles. The van der Waals surface area contributed by atoms with Crippen molar-refractivity contribution in [1.29, 1.82) is 0 Å². The van der Waals surface area contributed by atoms with Crippen molar-refractivity contribution >= 4 is 22.9 Å². The Kier molecular flexibility index (Phi) is 11.4. The van der Waals surface area contributed by atoms with E-state index >= 15 is 0 Å². The van der Waals surface area contributed by atoms with Gasteiger partial charge in [-0.3, -0.25) is 14.4 Å². The molecule has 0 bridgehead atoms. The van der Waals surface area contributed by atoms with Crippen LogP contribution in [0.5, 0.6) is 28.7 Å². The molecule has 290 valence electrons. The Morgan fingerprint density at radius 3 is 2.19 bits per heavy atom. The molecule has 11 atom stereocenters. The van der Waals surface area contributed by atoms with E-state index in [0.29, 0.717) is 0 Å². The van der Waals surface area contributed by atoms with E-state index in [4.69, 9.17) is 33.2 Å². The number of carboxylic acids is 1. The molecule has 2 aliphatic heterocycles. The highest BCUT2D eigenvalue weighted by Crippen LogP contribution is 2.40. The number of aromatic hydroxyl groups is 4. The maximum Gasteiger partial charge on any atom is 0.308 e. The summed E-state index contributed by atoms with van der Waals surface area (Å²) in [6, 6.07) is 4.98. The number of aliphatic carboxylic acids is 1. The lowest BCUT2D eigenvalue weighted by molar-refractivity contribution is -0.354. The van der Waals surface area contributed by atoms with Crippen LogP contribution >= 0.6 is 0 Å². The van der Waals surface area contributed by atoms with Crippen LogP contribution in [0, 0.1) is 0 Å². The summed E-state index contributed by atoms with van der Waals surface area (Å²) in [4.78, 5) is 37.6. The van der Waals surface area contributed by atoms with Gasteiger partial charge in [-0.15, -0.1) is 0 Å². The number of ether oxygens (including phenoxy) is 5. The zero-order valence-corrected chi connectivity index (χ0v) is 27.9. The number of hydrogen-bond donors (Lipinski definition) is 11. The van der Waals surface area contributed by atoms with Crippen LogP contribution in [0.25, 0.3) is 22.3 Å². The molecule has 3 heterocycles. The Labute approximate surface area is 297 Å². The fourth-order valence-electron chi connectivity index (χ4n) is 5.84. The monoisotopic (exact) mass is 754 g/mol. The Morgan fingerprint density at radius 1 is 0.830 bits per heavy atom. The summed E-state index contributed by atoms with van der Waals surface area (Å²) in [5, 5.41) is 113. The summed E-state index contributed by atoms with van der Waals surface area (Å²) in [7, 11) is 0. The minimum atomic E-state index is -2.10. The topological polar surface area (TPSA) is 333 Å². The van der Waals surface area contributed by atoms with Gasteiger partial charge in [-0.2, -0.15) is 0 Å². The second-order valence-corrected chi connectivity index (χ2v) is 13.0. The second kappa shape index (κ2) is 15.3. The number of aliphatic hydroxyl groups is 6. The first-order valence-corrected chi connectivity index (χ1v) is 16.0. The zero-order valence-electron chi connectivity index (χ0n) is 27.9. The van der Waals surface area contributed by atoms with Crippen molar-refractivity contribution in [2.45, 2.75) is 93.7 Å². The number of aliphatic hydroxyl groups excluding tert-OH is 5. The third-order valence-electron chi connectivity index (χ3n) is 8.60. The molecule has 2 fully saturated rings. The minimum absolute atomic E-state index is 0.123. The molecule has 2 saturated heterocycles. The van der Waals surface area contributed by atoms with Crippen molar-refractivity contribution in [3.63, 3.8) is 0 Å². The van der Waals surface area contributed by atoms with Crippen molar-refractivity contribution in [1.82, 2.24) is 0 Å². The molecule has 53 heavy (non-hydrogen) atoms. The molecule has 2 aromatic carbocycles. The summed E-state index contributed by atoms with van der Waals surface area (Å²) in [6.45, 7) is 1.54. The van der Waals surface area contributed by atoms with E-state index < -0.39 is 144 Å². The molecule has 5 rings (SSSR count). The van der Waals surface area contributed by atoms with Gasteiger partial charge in [0.25, 0.3) is 0 Å².